The Kier molecular flexibility index (Phi) is 5.78. The third-order valence-electron chi connectivity index (χ3n) is 5.84. The van der Waals surface area contributed by atoms with Gasteiger partial charge >= 0.3 is 0 Å². The summed E-state index contributed by atoms with van der Waals surface area (Å²) in [6.45, 7) is 4.34. The first kappa shape index (κ1) is 22.0. The summed E-state index contributed by atoms with van der Waals surface area (Å²) in [5.41, 5.74) is 1.82. The fourth-order valence-electron chi connectivity index (χ4n) is 4.28. The number of benzene rings is 2. The molecule has 5 nitrogen and oxygen atoms in total. The highest BCUT2D eigenvalue weighted by atomic mass is 35.5. The smallest absolute Gasteiger partial charge is 0.268 e. The molecular formula is C26H25ClN2O3. The number of hydrogen-bond donors (Lipinski definition) is 0. The lowest BCUT2D eigenvalue weighted by atomic mass is 9.73. The average Bonchev–Trinajstić information content (AvgIpc) is 2.74. The first-order valence-corrected chi connectivity index (χ1v) is 10.9. The number of rotatable bonds is 4. The molecule has 1 aromatic heterocycles. The Balaban J connectivity index is 1.87. The van der Waals surface area contributed by atoms with Crippen LogP contribution in [0.3, 0.4) is 0 Å². The Bertz CT molecular complexity index is 1240. The number of amides is 1. The van der Waals surface area contributed by atoms with Crippen LogP contribution < -0.4 is 5.56 Å². The monoisotopic (exact) mass is 448 g/mol. The first-order chi connectivity index (χ1) is 15.2. The summed E-state index contributed by atoms with van der Waals surface area (Å²) in [5, 5.41) is 0.538. The average molecular weight is 449 g/mol. The standard InChI is InChI=1S/C26H25ClN2O3/c1-26(2)13-20-21(22(30)14-26)16-29(19-11-9-18(27)10-12-19)25(32)23(20)24(31)28(3)15-17-7-5-4-6-8-17/h4-12,16H,13-15H2,1-3H3. The highest BCUT2D eigenvalue weighted by Crippen LogP contribution is 2.36. The van der Waals surface area contributed by atoms with Crippen LogP contribution in [0.25, 0.3) is 5.69 Å². The van der Waals surface area contributed by atoms with Gasteiger partial charge in [-0.2, -0.15) is 0 Å². The maximum absolute atomic E-state index is 13.6. The maximum atomic E-state index is 13.6. The lowest BCUT2D eigenvalue weighted by molar-refractivity contribution is 0.0780. The minimum Gasteiger partial charge on any atom is -0.337 e. The van der Waals surface area contributed by atoms with Crippen molar-refractivity contribution in [1.82, 2.24) is 9.47 Å². The molecule has 0 bridgehead atoms. The zero-order chi connectivity index (χ0) is 23.0. The number of Topliss-reactive ketones (excluding diaryl/α,β-unsaturated/α-hetero) is 1. The molecule has 164 valence electrons. The number of aromatic nitrogens is 1. The molecule has 1 amide bonds. The number of nitrogens with zero attached hydrogens (tertiary/aromatic N) is 2. The van der Waals surface area contributed by atoms with Gasteiger partial charge in [-0.3, -0.25) is 19.0 Å². The van der Waals surface area contributed by atoms with Crippen LogP contribution in [0.15, 0.2) is 65.6 Å². The Hall–Kier alpha value is -3.18. The van der Waals surface area contributed by atoms with Crippen LogP contribution in [0.2, 0.25) is 5.02 Å². The molecule has 0 unspecified atom stereocenters. The molecule has 0 saturated heterocycles. The molecule has 4 rings (SSSR count). The minimum absolute atomic E-state index is 0.0567. The van der Waals surface area contributed by atoms with Crippen molar-refractivity contribution in [2.24, 2.45) is 5.41 Å². The molecule has 1 aliphatic carbocycles. The highest BCUT2D eigenvalue weighted by Gasteiger charge is 2.36. The van der Waals surface area contributed by atoms with E-state index in [0.29, 0.717) is 41.2 Å². The van der Waals surface area contributed by atoms with Crippen molar-refractivity contribution < 1.29 is 9.59 Å². The quantitative estimate of drug-likeness (QED) is 0.569. The van der Waals surface area contributed by atoms with E-state index in [2.05, 4.69) is 0 Å². The summed E-state index contributed by atoms with van der Waals surface area (Å²) >= 11 is 6.01. The normalized spacial score (nSPS) is 14.7. The molecule has 0 atom stereocenters. The SMILES string of the molecule is CN(Cc1ccccc1)C(=O)c1c2c(cn(-c3ccc(Cl)cc3)c1=O)C(=O)CC(C)(C)C2. The van der Waals surface area contributed by atoms with Gasteiger partial charge in [-0.05, 0) is 47.2 Å². The van der Waals surface area contributed by atoms with Crippen LogP contribution in [0, 0.1) is 5.41 Å². The van der Waals surface area contributed by atoms with Gasteiger partial charge in [-0.15, -0.1) is 0 Å². The molecule has 0 saturated carbocycles. The number of ketones is 1. The van der Waals surface area contributed by atoms with Crippen LogP contribution in [0.5, 0.6) is 0 Å². The Morgan fingerprint density at radius 3 is 2.34 bits per heavy atom. The van der Waals surface area contributed by atoms with Crippen LogP contribution >= 0.6 is 11.6 Å². The van der Waals surface area contributed by atoms with Crippen molar-refractivity contribution in [3.05, 3.63) is 98.4 Å². The van der Waals surface area contributed by atoms with Gasteiger partial charge < -0.3 is 4.90 Å². The summed E-state index contributed by atoms with van der Waals surface area (Å²) in [7, 11) is 1.68. The van der Waals surface area contributed by atoms with Crippen molar-refractivity contribution in [3.8, 4) is 5.69 Å². The number of carbonyl (C=O) groups excluding carboxylic acids is 2. The van der Waals surface area contributed by atoms with E-state index in [1.54, 1.807) is 37.5 Å². The Morgan fingerprint density at radius 1 is 1.03 bits per heavy atom. The van der Waals surface area contributed by atoms with Crippen molar-refractivity contribution in [2.75, 3.05) is 7.05 Å². The first-order valence-electron chi connectivity index (χ1n) is 10.5. The zero-order valence-corrected chi connectivity index (χ0v) is 19.1. The van der Waals surface area contributed by atoms with Gasteiger partial charge in [0.05, 0.1) is 0 Å². The molecule has 0 spiro atoms. The van der Waals surface area contributed by atoms with E-state index in [1.165, 1.54) is 9.47 Å². The molecule has 0 aliphatic heterocycles. The summed E-state index contributed by atoms with van der Waals surface area (Å²) in [6, 6.07) is 16.4. The highest BCUT2D eigenvalue weighted by molar-refractivity contribution is 6.30. The van der Waals surface area contributed by atoms with Crippen molar-refractivity contribution in [1.29, 1.82) is 0 Å². The molecule has 0 radical (unpaired) electrons. The van der Waals surface area contributed by atoms with Gasteiger partial charge in [-0.1, -0.05) is 55.8 Å². The van der Waals surface area contributed by atoms with Gasteiger partial charge in [0.1, 0.15) is 5.56 Å². The van der Waals surface area contributed by atoms with Crippen molar-refractivity contribution >= 4 is 23.3 Å². The number of hydrogen-bond acceptors (Lipinski definition) is 3. The van der Waals surface area contributed by atoms with E-state index in [-0.39, 0.29) is 22.7 Å². The van der Waals surface area contributed by atoms with Crippen molar-refractivity contribution in [3.63, 3.8) is 0 Å². The number of carbonyl (C=O) groups is 2. The molecule has 32 heavy (non-hydrogen) atoms. The summed E-state index contributed by atoms with van der Waals surface area (Å²) < 4.78 is 1.38. The van der Waals surface area contributed by atoms with Crippen LogP contribution in [0.4, 0.5) is 0 Å². The van der Waals surface area contributed by atoms with E-state index >= 15 is 0 Å². The zero-order valence-electron chi connectivity index (χ0n) is 18.4. The van der Waals surface area contributed by atoms with E-state index in [4.69, 9.17) is 11.6 Å². The van der Waals surface area contributed by atoms with E-state index < -0.39 is 5.56 Å². The van der Waals surface area contributed by atoms with Gasteiger partial charge in [0, 0.05) is 42.5 Å². The van der Waals surface area contributed by atoms with Gasteiger partial charge in [0.25, 0.3) is 11.5 Å². The molecule has 1 heterocycles. The van der Waals surface area contributed by atoms with Crippen LogP contribution in [-0.2, 0) is 13.0 Å². The predicted molar refractivity (Wildman–Crippen MR) is 126 cm³/mol. The maximum Gasteiger partial charge on any atom is 0.268 e. The summed E-state index contributed by atoms with van der Waals surface area (Å²) in [4.78, 5) is 41.7. The van der Waals surface area contributed by atoms with Crippen LogP contribution in [-0.4, -0.2) is 28.2 Å². The number of pyridine rings is 1. The third kappa shape index (κ3) is 4.26. The fraction of sp³-hybridized carbons (Fsp3) is 0.269. The van der Waals surface area contributed by atoms with Gasteiger partial charge in [-0.25, -0.2) is 0 Å². The Labute approximate surface area is 192 Å². The second-order valence-corrected chi connectivity index (χ2v) is 9.57. The molecule has 0 N–H and O–H groups in total. The van der Waals surface area contributed by atoms with E-state index in [9.17, 15) is 14.4 Å². The summed E-state index contributed by atoms with van der Waals surface area (Å²) in [5.74, 6) is -0.442. The van der Waals surface area contributed by atoms with Crippen molar-refractivity contribution in [2.45, 2.75) is 33.2 Å². The summed E-state index contributed by atoms with van der Waals surface area (Å²) in [6.07, 6.45) is 2.43. The van der Waals surface area contributed by atoms with Gasteiger partial charge in [0.2, 0.25) is 0 Å². The molecule has 1 aliphatic rings. The molecule has 0 fully saturated rings. The second-order valence-electron chi connectivity index (χ2n) is 9.14. The third-order valence-corrected chi connectivity index (χ3v) is 6.09. The molecular weight excluding hydrogens is 424 g/mol. The number of halogens is 1. The topological polar surface area (TPSA) is 59.4 Å². The molecule has 6 heteroatoms. The molecule has 3 aromatic rings. The van der Waals surface area contributed by atoms with Gasteiger partial charge in [0.15, 0.2) is 5.78 Å². The largest absolute Gasteiger partial charge is 0.337 e. The lowest BCUT2D eigenvalue weighted by Crippen LogP contribution is -2.39. The van der Waals surface area contributed by atoms with E-state index in [0.717, 1.165) is 5.56 Å². The minimum atomic E-state index is -0.429. The lowest BCUT2D eigenvalue weighted by Gasteiger charge is -2.32. The predicted octanol–water partition coefficient (Wildman–Crippen LogP) is 4.92. The van der Waals surface area contributed by atoms with Crippen LogP contribution in [0.1, 0.15) is 52.1 Å². The van der Waals surface area contributed by atoms with E-state index in [1.807, 2.05) is 44.2 Å². The number of fused-ring (bicyclic) bond motifs is 1. The fourth-order valence-corrected chi connectivity index (χ4v) is 4.40. The second kappa shape index (κ2) is 8.40. The Morgan fingerprint density at radius 2 is 1.69 bits per heavy atom. The molecule has 2 aromatic carbocycles.